The number of aryl methyl sites for hydroxylation is 1. The molecular weight excluding hydrogens is 266 g/mol. The van der Waals surface area contributed by atoms with E-state index in [1.807, 2.05) is 22.8 Å². The molecule has 1 heterocycles. The van der Waals surface area contributed by atoms with Crippen molar-refractivity contribution in [2.45, 2.75) is 52.2 Å². The molecule has 1 aromatic rings. The van der Waals surface area contributed by atoms with Gasteiger partial charge in [-0.25, -0.2) is 0 Å². The lowest BCUT2D eigenvalue weighted by Crippen LogP contribution is -2.57. The SMILES string of the molecule is CCc1ccc2c(c1)C(=O)C(=O)N2[Si](C)(C)C(C)(C)C. The number of carbonyl (C=O) groups excluding carboxylic acids is 2. The Labute approximate surface area is 122 Å². The van der Waals surface area contributed by atoms with E-state index in [0.29, 0.717) is 5.56 Å². The van der Waals surface area contributed by atoms with Crippen LogP contribution in [-0.4, -0.2) is 19.9 Å². The summed E-state index contributed by atoms with van der Waals surface area (Å²) in [7, 11) is -2.09. The number of rotatable bonds is 2. The number of Topliss-reactive ketones (excluding diaryl/α,β-unsaturated/α-hetero) is 1. The molecule has 0 bridgehead atoms. The summed E-state index contributed by atoms with van der Waals surface area (Å²) in [6, 6.07) is 5.84. The number of nitrogens with zero attached hydrogens (tertiary/aromatic N) is 1. The van der Waals surface area contributed by atoms with E-state index in [9.17, 15) is 9.59 Å². The number of amides is 1. The van der Waals surface area contributed by atoms with E-state index in [0.717, 1.165) is 17.7 Å². The highest BCUT2D eigenvalue weighted by Gasteiger charge is 2.50. The third-order valence-corrected chi connectivity index (χ3v) is 9.98. The fourth-order valence-electron chi connectivity index (χ4n) is 2.40. The molecule has 3 nitrogen and oxygen atoms in total. The molecule has 0 radical (unpaired) electrons. The number of carbonyl (C=O) groups is 2. The third kappa shape index (κ3) is 2.02. The van der Waals surface area contributed by atoms with Crippen molar-refractivity contribution in [1.82, 2.24) is 0 Å². The molecule has 2 rings (SSSR count). The van der Waals surface area contributed by atoms with Crippen molar-refractivity contribution in [3.8, 4) is 0 Å². The number of benzene rings is 1. The Kier molecular flexibility index (Phi) is 3.41. The second-order valence-electron chi connectivity index (χ2n) is 6.98. The average Bonchev–Trinajstić information content (AvgIpc) is 2.60. The first-order valence-corrected chi connectivity index (χ1v) is 10.1. The van der Waals surface area contributed by atoms with Crippen LogP contribution in [0.4, 0.5) is 5.69 Å². The van der Waals surface area contributed by atoms with Crippen molar-refractivity contribution < 1.29 is 9.59 Å². The van der Waals surface area contributed by atoms with E-state index < -0.39 is 8.24 Å². The lowest BCUT2D eigenvalue weighted by Gasteiger charge is -2.43. The maximum absolute atomic E-state index is 12.5. The molecule has 0 spiro atoms. The molecule has 0 aromatic heterocycles. The first-order valence-electron chi connectivity index (χ1n) is 7.13. The number of anilines is 1. The lowest BCUT2D eigenvalue weighted by atomic mass is 10.1. The maximum Gasteiger partial charge on any atom is 0.291 e. The van der Waals surface area contributed by atoms with Gasteiger partial charge in [0.1, 0.15) is 0 Å². The Morgan fingerprint density at radius 3 is 2.25 bits per heavy atom. The predicted molar refractivity (Wildman–Crippen MR) is 84.8 cm³/mol. The molecule has 0 unspecified atom stereocenters. The van der Waals surface area contributed by atoms with Gasteiger partial charge in [-0.3, -0.25) is 9.59 Å². The zero-order valence-corrected chi connectivity index (χ0v) is 14.2. The Bertz CT molecular complexity index is 585. The van der Waals surface area contributed by atoms with E-state index in [1.165, 1.54) is 0 Å². The first kappa shape index (κ1) is 15.0. The van der Waals surface area contributed by atoms with Crippen LogP contribution in [0.1, 0.15) is 43.6 Å². The second kappa shape index (κ2) is 4.55. The molecule has 4 heteroatoms. The molecule has 1 aromatic carbocycles. The molecule has 0 atom stereocenters. The van der Waals surface area contributed by atoms with Gasteiger partial charge in [-0.2, -0.15) is 0 Å². The smallest absolute Gasteiger partial charge is 0.291 e. The van der Waals surface area contributed by atoms with Crippen LogP contribution in [0.5, 0.6) is 0 Å². The van der Waals surface area contributed by atoms with E-state index in [-0.39, 0.29) is 16.7 Å². The lowest BCUT2D eigenvalue weighted by molar-refractivity contribution is -0.113. The molecule has 0 aliphatic carbocycles. The largest absolute Gasteiger partial charge is 0.333 e. The van der Waals surface area contributed by atoms with Crippen LogP contribution >= 0.6 is 0 Å². The summed E-state index contributed by atoms with van der Waals surface area (Å²) in [5.74, 6) is -0.694. The molecule has 1 aliphatic rings. The molecule has 0 fully saturated rings. The van der Waals surface area contributed by atoms with E-state index in [4.69, 9.17) is 0 Å². The minimum atomic E-state index is -2.09. The number of fused-ring (bicyclic) bond motifs is 1. The summed E-state index contributed by atoms with van der Waals surface area (Å²) in [6.07, 6.45) is 0.870. The molecule has 0 N–H and O–H groups in total. The highest BCUT2D eigenvalue weighted by Crippen LogP contribution is 2.44. The normalized spacial score (nSPS) is 15.8. The third-order valence-electron chi connectivity index (χ3n) is 4.75. The van der Waals surface area contributed by atoms with Gasteiger partial charge in [0.25, 0.3) is 11.7 Å². The summed E-state index contributed by atoms with van der Waals surface area (Å²) in [5.41, 5.74) is 2.49. The maximum atomic E-state index is 12.5. The van der Waals surface area contributed by atoms with Gasteiger partial charge in [0.15, 0.2) is 8.24 Å². The van der Waals surface area contributed by atoms with Gasteiger partial charge in [0, 0.05) is 5.69 Å². The summed E-state index contributed by atoms with van der Waals surface area (Å²) >= 11 is 0. The van der Waals surface area contributed by atoms with Gasteiger partial charge in [-0.05, 0) is 29.2 Å². The Morgan fingerprint density at radius 1 is 1.15 bits per heavy atom. The summed E-state index contributed by atoms with van der Waals surface area (Å²) in [5, 5.41) is 0.00791. The Morgan fingerprint density at radius 2 is 1.75 bits per heavy atom. The second-order valence-corrected chi connectivity index (χ2v) is 12.0. The van der Waals surface area contributed by atoms with Crippen molar-refractivity contribution in [3.05, 3.63) is 29.3 Å². The van der Waals surface area contributed by atoms with Crippen molar-refractivity contribution in [1.29, 1.82) is 0 Å². The van der Waals surface area contributed by atoms with Crippen LogP contribution in [0.3, 0.4) is 0 Å². The van der Waals surface area contributed by atoms with E-state index in [2.05, 4.69) is 40.8 Å². The van der Waals surface area contributed by atoms with Crippen molar-refractivity contribution in [2.75, 3.05) is 4.57 Å². The van der Waals surface area contributed by atoms with Crippen LogP contribution in [0.2, 0.25) is 18.1 Å². The van der Waals surface area contributed by atoms with E-state index in [1.54, 1.807) is 0 Å². The monoisotopic (exact) mass is 289 g/mol. The molecule has 20 heavy (non-hydrogen) atoms. The topological polar surface area (TPSA) is 37.4 Å². The Balaban J connectivity index is 2.60. The zero-order valence-electron chi connectivity index (χ0n) is 13.2. The van der Waals surface area contributed by atoms with Crippen LogP contribution in [-0.2, 0) is 11.2 Å². The molecule has 0 saturated carbocycles. The van der Waals surface area contributed by atoms with Gasteiger partial charge in [0.05, 0.1) is 5.56 Å². The van der Waals surface area contributed by atoms with Crippen molar-refractivity contribution in [3.63, 3.8) is 0 Å². The standard InChI is InChI=1S/C16H23NO2Si/c1-7-11-8-9-13-12(10-11)14(18)15(19)17(13)20(5,6)16(2,3)4/h8-10H,7H2,1-6H3. The van der Waals surface area contributed by atoms with Crippen LogP contribution in [0, 0.1) is 0 Å². The van der Waals surface area contributed by atoms with Crippen molar-refractivity contribution in [2.24, 2.45) is 0 Å². The highest BCUT2D eigenvalue weighted by atomic mass is 28.3. The molecule has 0 saturated heterocycles. The number of ketones is 1. The summed E-state index contributed by atoms with van der Waals surface area (Å²) < 4.78 is 1.81. The molecule has 1 amide bonds. The fraction of sp³-hybridized carbons (Fsp3) is 0.500. The minimum absolute atomic E-state index is 0.00791. The van der Waals surface area contributed by atoms with Gasteiger partial charge in [-0.1, -0.05) is 46.9 Å². The minimum Gasteiger partial charge on any atom is -0.333 e. The molecule has 1 aliphatic heterocycles. The molecular formula is C16H23NO2Si. The van der Waals surface area contributed by atoms with Gasteiger partial charge in [0.2, 0.25) is 0 Å². The number of hydrogen-bond acceptors (Lipinski definition) is 2. The van der Waals surface area contributed by atoms with E-state index >= 15 is 0 Å². The van der Waals surface area contributed by atoms with Gasteiger partial charge in [-0.15, -0.1) is 0 Å². The van der Waals surface area contributed by atoms with Crippen LogP contribution in [0.15, 0.2) is 18.2 Å². The quantitative estimate of drug-likeness (QED) is 0.613. The zero-order chi connectivity index (χ0) is 15.3. The van der Waals surface area contributed by atoms with Gasteiger partial charge >= 0.3 is 0 Å². The summed E-state index contributed by atoms with van der Waals surface area (Å²) in [6.45, 7) is 12.8. The highest BCUT2D eigenvalue weighted by molar-refractivity contribution is 6.90. The number of hydrogen-bond donors (Lipinski definition) is 0. The summed E-state index contributed by atoms with van der Waals surface area (Å²) in [4.78, 5) is 24.7. The van der Waals surface area contributed by atoms with Crippen LogP contribution in [0.25, 0.3) is 0 Å². The first-order chi connectivity index (χ1) is 9.11. The van der Waals surface area contributed by atoms with Gasteiger partial charge < -0.3 is 4.57 Å². The predicted octanol–water partition coefficient (Wildman–Crippen LogP) is 3.78. The fourth-order valence-corrected chi connectivity index (χ4v) is 4.47. The van der Waals surface area contributed by atoms with Crippen molar-refractivity contribution >= 4 is 25.6 Å². The van der Waals surface area contributed by atoms with Crippen LogP contribution < -0.4 is 4.57 Å². The average molecular weight is 289 g/mol. The molecule has 108 valence electrons. The Hall–Kier alpha value is -1.42.